The van der Waals surface area contributed by atoms with Crippen molar-refractivity contribution in [2.75, 3.05) is 12.9 Å². The fraction of sp³-hybridized carbons (Fsp3) is 0.431. The van der Waals surface area contributed by atoms with E-state index in [9.17, 15) is 76.3 Å². The van der Waals surface area contributed by atoms with Gasteiger partial charge in [0.2, 0.25) is 47.2 Å². The molecule has 13 bridgehead atoms. The van der Waals surface area contributed by atoms with Gasteiger partial charge in [0, 0.05) is 32.8 Å². The van der Waals surface area contributed by atoms with E-state index >= 15 is 4.79 Å². The highest BCUT2D eigenvalue weighted by molar-refractivity contribution is 8.14. The number of allylic oxidation sites excluding steroid dienone is 1. The number of esters is 2. The number of aliphatic hydroxyl groups is 14. The van der Waals surface area contributed by atoms with Gasteiger partial charge in [-0.25, -0.2) is 79.4 Å². The number of pyridine rings is 1. The van der Waals surface area contributed by atoms with Crippen LogP contribution in [0, 0.1) is 5.92 Å². The van der Waals surface area contributed by atoms with E-state index in [1.165, 1.54) is 76.7 Å². The molecule has 9 heterocycles. The fourth-order valence-corrected chi connectivity index (χ4v) is 17.0. The minimum Gasteiger partial charge on any atom is -0.495 e. The van der Waals surface area contributed by atoms with E-state index < -0.39 is 190 Å². The third-order valence-electron chi connectivity index (χ3n) is 18.5. The Morgan fingerprint density at radius 1 is 0.789 bits per heavy atom. The number of rotatable bonds is 11. The lowest BCUT2D eigenvalue weighted by molar-refractivity contribution is -0.136. The maximum Gasteiger partial charge on any atom is 0.357 e. The molecule has 5 aromatic rings. The van der Waals surface area contributed by atoms with E-state index in [2.05, 4.69) is 84.7 Å². The van der Waals surface area contributed by atoms with Crippen LogP contribution >= 0.6 is 69.7 Å². The number of hydrogen-bond acceptors (Lipinski definition) is 32. The molecule has 1 aliphatic carbocycles. The predicted octanol–water partition coefficient (Wildman–Crippen LogP) is 9.05. The Hall–Kier alpha value is -9.99. The first kappa shape index (κ1) is 86.4. The second-order valence-electron chi connectivity index (χ2n) is 27.2. The predicted molar refractivity (Wildman–Crippen MR) is 441 cm³/mol. The van der Waals surface area contributed by atoms with Crippen LogP contribution in [0.3, 0.4) is 0 Å². The Morgan fingerprint density at radius 3 is 2.17 bits per heavy atom. The van der Waals surface area contributed by atoms with Gasteiger partial charge in [0.15, 0.2) is 11.9 Å². The summed E-state index contributed by atoms with van der Waals surface area (Å²) in [5, 5.41) is 172. The highest BCUT2D eigenvalue weighted by atomic mass is 32.2. The number of hydrogen-bond donors (Lipinski definition) is 16. The molecule has 114 heavy (non-hydrogen) atoms. The first-order chi connectivity index (χ1) is 53.7. The minimum absolute atomic E-state index is 0.0175. The molecular weight excluding hydrogens is 1600 g/mol. The van der Waals surface area contributed by atoms with Gasteiger partial charge >= 0.3 is 11.9 Å². The summed E-state index contributed by atoms with van der Waals surface area (Å²) in [6.45, 7) is 25.4. The van der Waals surface area contributed by atoms with Crippen LogP contribution < -0.4 is 5.32 Å². The van der Waals surface area contributed by atoms with Gasteiger partial charge in [-0.05, 0) is 85.8 Å². The summed E-state index contributed by atoms with van der Waals surface area (Å²) in [6.07, 6.45) is -3.06. The molecule has 606 valence electrons. The lowest BCUT2D eigenvalue weighted by atomic mass is 9.81. The number of nitrogens with zero attached hydrogens (tertiary/aromatic N) is 17. The number of aliphatic hydroxyl groups excluding tert-OH is 13. The van der Waals surface area contributed by atoms with Crippen molar-refractivity contribution in [1.29, 1.82) is 0 Å². The summed E-state index contributed by atoms with van der Waals surface area (Å²) in [4.78, 5) is 105. The van der Waals surface area contributed by atoms with Crippen molar-refractivity contribution in [3.63, 3.8) is 0 Å². The fourth-order valence-electron chi connectivity index (χ4n) is 11.9. The number of thiazole rings is 4. The highest BCUT2D eigenvalue weighted by Crippen LogP contribution is 2.51. The van der Waals surface area contributed by atoms with Crippen LogP contribution in [0.4, 0.5) is 0 Å². The monoisotopic (exact) mass is 1680 g/mol. The van der Waals surface area contributed by atoms with Gasteiger partial charge in [0.25, 0.3) is 0 Å². The molecule has 4 aliphatic heterocycles. The van der Waals surface area contributed by atoms with E-state index in [4.69, 9.17) is 47.3 Å². The molecule has 16 atom stereocenters. The lowest BCUT2D eigenvalue weighted by Gasteiger charge is -2.37. The zero-order chi connectivity index (χ0) is 83.4. The summed E-state index contributed by atoms with van der Waals surface area (Å²) < 4.78 is 10.9. The van der Waals surface area contributed by atoms with Crippen LogP contribution in [-0.2, 0) is 19.8 Å². The number of aromatic nitrogens is 5. The number of cyclic esters (lactones) is 1. The van der Waals surface area contributed by atoms with Gasteiger partial charge in [-0.15, -0.1) is 69.7 Å². The Bertz CT molecular complexity index is 5060. The average Bonchev–Trinajstić information content (AvgIpc) is 1.47. The highest BCUT2D eigenvalue weighted by Gasteiger charge is 2.50. The van der Waals surface area contributed by atoms with Crippen LogP contribution in [-0.4, -0.2) is 250 Å². The molecule has 36 nitrogen and oxygen atoms in total. The molecular formula is C72H84N18O18S6. The lowest BCUT2D eigenvalue weighted by Crippen LogP contribution is -2.49. The van der Waals surface area contributed by atoms with Crippen molar-refractivity contribution in [3.05, 3.63) is 148 Å². The number of carbonyl (C=O) groups excluding carboxylic acids is 2. The quantitative estimate of drug-likeness (QED) is 0.0193. The number of ether oxygens (including phenoxy) is 2. The molecule has 0 radical (unpaired) electrons. The van der Waals surface area contributed by atoms with Crippen molar-refractivity contribution >= 4 is 157 Å². The molecule has 0 fully saturated rings. The maximum absolute atomic E-state index is 15.1. The molecule has 5 aliphatic rings. The van der Waals surface area contributed by atoms with Crippen molar-refractivity contribution < 1.29 is 90.6 Å². The van der Waals surface area contributed by atoms with Crippen LogP contribution in [0.15, 0.2) is 142 Å². The SMILES string of the molecule is C=C(N=C(O)C(=C)N=C(O)c1csc(C2=NC3c4csc(n4)C4N=C(S)c5csc(n5)C(C(C)(O)C(C)O)N=C(O)C5CSC(=N5)C(=CC)N=C(O)C(C(C)O)N=C(O)c5csc(n5)C3(CC2)N=C(O)C(C)N=C(O)C(=C)N=C(O)C(C)N=C(O)C(C(C)C)NC2C=Cc3c(C(C)O)cc(nc3C2O)C(=O)OC4C)n1)C(=O)OC. The second kappa shape index (κ2) is 35.8. The van der Waals surface area contributed by atoms with Crippen LogP contribution in [0.2, 0.25) is 0 Å². The van der Waals surface area contributed by atoms with Crippen molar-refractivity contribution in [3.8, 4) is 0 Å². The number of thioether (sulfide) groups is 1. The van der Waals surface area contributed by atoms with E-state index in [1.54, 1.807) is 38.3 Å². The maximum atomic E-state index is 15.1. The molecule has 10 rings (SSSR count). The third-order valence-corrected chi connectivity index (χ3v) is 23.6. The topological polar surface area (TPSA) is 561 Å². The first-order valence-corrected chi connectivity index (χ1v) is 40.0. The van der Waals surface area contributed by atoms with E-state index in [0.29, 0.717) is 0 Å². The number of aliphatic imine (C=N–C) groups is 12. The van der Waals surface area contributed by atoms with Crippen LogP contribution in [0.25, 0.3) is 6.08 Å². The largest absolute Gasteiger partial charge is 0.495 e. The third kappa shape index (κ3) is 18.8. The van der Waals surface area contributed by atoms with Gasteiger partial charge < -0.3 is 81.0 Å². The van der Waals surface area contributed by atoms with Crippen molar-refractivity contribution in [2.24, 2.45) is 65.8 Å². The molecule has 0 aromatic carbocycles. The second-order valence-corrected chi connectivity index (χ2v) is 32.2. The number of methoxy groups -OCH3 is 1. The Morgan fingerprint density at radius 2 is 1.49 bits per heavy atom. The molecule has 5 aromatic heterocycles. The van der Waals surface area contributed by atoms with Gasteiger partial charge in [-0.2, -0.15) is 0 Å². The van der Waals surface area contributed by atoms with Gasteiger partial charge in [0.05, 0.1) is 60.3 Å². The van der Waals surface area contributed by atoms with E-state index in [1.807, 2.05) is 0 Å². The summed E-state index contributed by atoms with van der Waals surface area (Å²) in [6, 6.07) is -10.9. The summed E-state index contributed by atoms with van der Waals surface area (Å²) in [5.74, 6) is -9.49. The normalized spacial score (nSPS) is 27.1. The molecule has 15 N–H and O–H groups in total. The van der Waals surface area contributed by atoms with Gasteiger partial charge in [-0.1, -0.05) is 51.8 Å². The molecule has 0 spiro atoms. The standard InChI is InChI=1S/C72H84N18O18S6/c1-15-38-64-83-44(23-110-64)60(101)89-53(71(13,106)35(12)93)67-85-46(25-113-67)63(109)88-49-34(11)108-69(105)41-20-37(32(9)91)36-16-17-39(51(94)50(36)79-41)78-47(26(2)3)61(102)76-29(6)55(96)73-27(4)54(95)74-30(7)57(98)90-72(70-86-45(24-114-70)59(100)87-48(33(10)92)62(103)81-38)19-18-40(80-52(72)42-21-112-66(49)82-42)65-84-43(22-111-65)58(99)75-28(5)56(97)77-31(8)68(104)107-14/h15-17,20-22,24-26,29-30,32-35,39,44,47-49,51-53,78,91-94,106H,4-5,8,18-19,23H2,1-3,6-7,9-14H3,(H,73,96)(H,74,95)(H,75,99)(H,76,102)(H,77,97)(H,81,103)(H,87,100)(H,88,109)(H,89,101)(H,90,98). The average molecular weight is 1680 g/mol. The Labute approximate surface area is 677 Å². The zero-order valence-electron chi connectivity index (χ0n) is 63.0. The van der Waals surface area contributed by atoms with E-state index in [0.717, 1.165) is 64.2 Å². The number of thiol groups is 1. The molecule has 42 heteroatoms. The number of carbonyl (C=O) groups is 2. The van der Waals surface area contributed by atoms with Crippen LogP contribution in [0.5, 0.6) is 0 Å². The van der Waals surface area contributed by atoms with Crippen molar-refractivity contribution in [1.82, 2.24) is 30.2 Å². The first-order valence-electron chi connectivity index (χ1n) is 35.1. The minimum atomic E-state index is -2.15. The molecule has 0 saturated carbocycles. The van der Waals surface area contributed by atoms with Crippen LogP contribution in [0.1, 0.15) is 183 Å². The molecule has 16 unspecified atom stereocenters. The summed E-state index contributed by atoms with van der Waals surface area (Å²) in [5.41, 5.74) is -5.98. The molecule has 0 saturated heterocycles. The zero-order valence-corrected chi connectivity index (χ0v) is 68.0. The van der Waals surface area contributed by atoms with Crippen molar-refractivity contribution in [2.45, 2.75) is 178 Å². The molecule has 0 amide bonds. The summed E-state index contributed by atoms with van der Waals surface area (Å²) >= 11 is 9.75. The Balaban J connectivity index is 1.25. The smallest absolute Gasteiger partial charge is 0.357 e. The van der Waals surface area contributed by atoms with Gasteiger partial charge in [0.1, 0.15) is 130 Å². The number of fused-ring (bicyclic) bond motifs is 7. The summed E-state index contributed by atoms with van der Waals surface area (Å²) in [7, 11) is 1.07. The Kier molecular flexibility index (Phi) is 27.1. The van der Waals surface area contributed by atoms with Gasteiger partial charge in [-0.3, -0.25) is 20.3 Å². The van der Waals surface area contributed by atoms with E-state index in [-0.39, 0.29) is 99.7 Å². The number of nitrogens with one attached hydrogen (secondary N) is 1.